The molecule has 0 radical (unpaired) electrons. The van der Waals surface area contributed by atoms with Crippen molar-refractivity contribution in [2.75, 3.05) is 32.7 Å². The van der Waals surface area contributed by atoms with Crippen LogP contribution in [0.1, 0.15) is 38.3 Å². The summed E-state index contributed by atoms with van der Waals surface area (Å²) in [7, 11) is 0. The second-order valence-corrected chi connectivity index (χ2v) is 7.50. The summed E-state index contributed by atoms with van der Waals surface area (Å²) in [6, 6.07) is 6.11. The molecule has 24 heavy (non-hydrogen) atoms. The van der Waals surface area contributed by atoms with E-state index in [9.17, 15) is 9.90 Å². The van der Waals surface area contributed by atoms with Crippen LogP contribution in [0.4, 0.5) is 0 Å². The van der Waals surface area contributed by atoms with Crippen molar-refractivity contribution in [1.29, 1.82) is 0 Å². The van der Waals surface area contributed by atoms with Gasteiger partial charge in [0.1, 0.15) is 0 Å². The Morgan fingerprint density at radius 2 is 2.12 bits per heavy atom. The van der Waals surface area contributed by atoms with Crippen molar-refractivity contribution in [3.05, 3.63) is 30.1 Å². The zero-order valence-corrected chi connectivity index (χ0v) is 14.7. The lowest BCUT2D eigenvalue weighted by Gasteiger charge is -2.42. The van der Waals surface area contributed by atoms with Crippen LogP contribution >= 0.6 is 0 Å². The predicted octanol–water partition coefficient (Wildman–Crippen LogP) is 1.71. The molecule has 0 aliphatic carbocycles. The number of carbonyl (C=O) groups is 1. The number of aliphatic hydroxyl groups is 1. The molecule has 1 N–H and O–H groups in total. The summed E-state index contributed by atoms with van der Waals surface area (Å²) in [6.07, 6.45) is 6.69. The first-order chi connectivity index (χ1) is 11.5. The lowest BCUT2D eigenvalue weighted by Crippen LogP contribution is -2.53. The fourth-order valence-corrected chi connectivity index (χ4v) is 4.09. The van der Waals surface area contributed by atoms with E-state index in [0.29, 0.717) is 31.8 Å². The van der Waals surface area contributed by atoms with E-state index in [0.717, 1.165) is 31.7 Å². The van der Waals surface area contributed by atoms with Crippen LogP contribution in [-0.4, -0.2) is 64.1 Å². The van der Waals surface area contributed by atoms with Gasteiger partial charge in [-0.05, 0) is 56.7 Å². The number of hydrogen-bond acceptors (Lipinski definition) is 4. The first kappa shape index (κ1) is 17.4. The minimum atomic E-state index is -0.640. The van der Waals surface area contributed by atoms with Crippen molar-refractivity contribution in [3.63, 3.8) is 0 Å². The summed E-state index contributed by atoms with van der Waals surface area (Å²) in [5, 5.41) is 10.9. The molecule has 5 heteroatoms. The molecule has 1 aromatic heterocycles. The minimum absolute atomic E-state index is 0.116. The molecule has 0 unspecified atom stereocenters. The van der Waals surface area contributed by atoms with Crippen LogP contribution in [0, 0.1) is 5.92 Å². The molecule has 1 atom stereocenters. The van der Waals surface area contributed by atoms with Gasteiger partial charge in [0.15, 0.2) is 0 Å². The van der Waals surface area contributed by atoms with Crippen LogP contribution < -0.4 is 0 Å². The summed E-state index contributed by atoms with van der Waals surface area (Å²) >= 11 is 0. The summed E-state index contributed by atoms with van der Waals surface area (Å²) in [5.74, 6) is 0.736. The monoisotopic (exact) mass is 331 g/mol. The highest BCUT2D eigenvalue weighted by Gasteiger charge is 2.35. The highest BCUT2D eigenvalue weighted by Crippen LogP contribution is 2.27. The van der Waals surface area contributed by atoms with Gasteiger partial charge in [0.05, 0.1) is 5.60 Å². The number of pyridine rings is 1. The van der Waals surface area contributed by atoms with Gasteiger partial charge in [-0.3, -0.25) is 9.78 Å². The SMILES string of the molecule is CC(=O)N1CCC(O)(CN2CCC[C@H](Cc3ccccn3)C2)CC1. The van der Waals surface area contributed by atoms with Crippen molar-refractivity contribution < 1.29 is 9.90 Å². The molecule has 2 saturated heterocycles. The van der Waals surface area contributed by atoms with E-state index in [1.165, 1.54) is 12.8 Å². The van der Waals surface area contributed by atoms with Crippen LogP contribution in [-0.2, 0) is 11.2 Å². The summed E-state index contributed by atoms with van der Waals surface area (Å²) < 4.78 is 0. The summed E-state index contributed by atoms with van der Waals surface area (Å²) in [4.78, 5) is 20.2. The molecule has 1 aromatic rings. The van der Waals surface area contributed by atoms with Gasteiger partial charge in [0.25, 0.3) is 0 Å². The molecular formula is C19H29N3O2. The van der Waals surface area contributed by atoms with E-state index in [-0.39, 0.29) is 5.91 Å². The standard InChI is InChI=1S/C19H29N3O2/c1-16(23)22-11-7-19(24,8-12-22)15-21-10-4-5-17(14-21)13-18-6-2-3-9-20-18/h2-3,6,9,17,24H,4-5,7-8,10-15H2,1H3/t17-/m1/s1. The number of β-amino-alcohol motifs (C(OH)–C–C–N with tert-alkyl or cyclic N) is 1. The second-order valence-electron chi connectivity index (χ2n) is 7.50. The predicted molar refractivity (Wildman–Crippen MR) is 93.5 cm³/mol. The number of hydrogen-bond donors (Lipinski definition) is 1. The first-order valence-corrected chi connectivity index (χ1v) is 9.14. The van der Waals surface area contributed by atoms with E-state index < -0.39 is 5.60 Å². The quantitative estimate of drug-likeness (QED) is 0.912. The molecule has 3 rings (SSSR count). The Labute approximate surface area is 144 Å². The maximum atomic E-state index is 11.4. The van der Waals surface area contributed by atoms with E-state index >= 15 is 0 Å². The molecule has 2 fully saturated rings. The number of piperidine rings is 2. The Morgan fingerprint density at radius 3 is 2.79 bits per heavy atom. The molecule has 2 aliphatic rings. The number of carbonyl (C=O) groups excluding carboxylic acids is 1. The Bertz CT molecular complexity index is 541. The van der Waals surface area contributed by atoms with Gasteiger partial charge in [0.2, 0.25) is 5.91 Å². The van der Waals surface area contributed by atoms with Crippen LogP contribution in [0.25, 0.3) is 0 Å². The van der Waals surface area contributed by atoms with Crippen LogP contribution in [0.2, 0.25) is 0 Å². The molecule has 1 amide bonds. The van der Waals surface area contributed by atoms with E-state index in [4.69, 9.17) is 0 Å². The molecule has 0 bridgehead atoms. The van der Waals surface area contributed by atoms with Gasteiger partial charge < -0.3 is 14.9 Å². The van der Waals surface area contributed by atoms with E-state index in [1.54, 1.807) is 6.92 Å². The molecule has 0 saturated carbocycles. The number of likely N-dealkylation sites (tertiary alicyclic amines) is 2. The normalized spacial score (nSPS) is 24.8. The van der Waals surface area contributed by atoms with E-state index in [1.807, 2.05) is 17.2 Å². The average Bonchev–Trinajstić information content (AvgIpc) is 2.56. The smallest absolute Gasteiger partial charge is 0.219 e. The highest BCUT2D eigenvalue weighted by molar-refractivity contribution is 5.73. The summed E-state index contributed by atoms with van der Waals surface area (Å²) in [5.41, 5.74) is 0.525. The third kappa shape index (κ3) is 4.54. The van der Waals surface area contributed by atoms with Gasteiger partial charge in [-0.2, -0.15) is 0 Å². The Morgan fingerprint density at radius 1 is 1.33 bits per heavy atom. The van der Waals surface area contributed by atoms with Crippen molar-refractivity contribution in [2.24, 2.45) is 5.92 Å². The van der Waals surface area contributed by atoms with Crippen LogP contribution in [0.5, 0.6) is 0 Å². The van der Waals surface area contributed by atoms with Gasteiger partial charge in [0, 0.05) is 45.0 Å². The molecule has 0 aromatic carbocycles. The van der Waals surface area contributed by atoms with Gasteiger partial charge in [-0.15, -0.1) is 0 Å². The molecule has 2 aliphatic heterocycles. The Hall–Kier alpha value is -1.46. The lowest BCUT2D eigenvalue weighted by atomic mass is 9.88. The second kappa shape index (κ2) is 7.62. The Balaban J connectivity index is 1.51. The lowest BCUT2D eigenvalue weighted by molar-refractivity contribution is -0.133. The summed E-state index contributed by atoms with van der Waals surface area (Å²) in [6.45, 7) is 5.80. The molecule has 3 heterocycles. The largest absolute Gasteiger partial charge is 0.388 e. The van der Waals surface area contributed by atoms with Crippen molar-refractivity contribution in [3.8, 4) is 0 Å². The fourth-order valence-electron chi connectivity index (χ4n) is 4.09. The zero-order valence-electron chi connectivity index (χ0n) is 14.7. The number of nitrogens with zero attached hydrogens (tertiary/aromatic N) is 3. The fraction of sp³-hybridized carbons (Fsp3) is 0.684. The minimum Gasteiger partial charge on any atom is -0.388 e. The van der Waals surface area contributed by atoms with Crippen LogP contribution in [0.3, 0.4) is 0 Å². The molecular weight excluding hydrogens is 302 g/mol. The van der Waals surface area contributed by atoms with Crippen molar-refractivity contribution in [1.82, 2.24) is 14.8 Å². The number of rotatable bonds is 4. The Kier molecular flexibility index (Phi) is 5.51. The molecule has 132 valence electrons. The maximum Gasteiger partial charge on any atom is 0.219 e. The third-order valence-corrected chi connectivity index (χ3v) is 5.48. The van der Waals surface area contributed by atoms with E-state index in [2.05, 4.69) is 22.0 Å². The zero-order chi connectivity index (χ0) is 17.0. The van der Waals surface area contributed by atoms with Crippen LogP contribution in [0.15, 0.2) is 24.4 Å². The van der Waals surface area contributed by atoms with Crippen molar-refractivity contribution in [2.45, 2.75) is 44.6 Å². The average molecular weight is 331 g/mol. The number of aromatic nitrogens is 1. The van der Waals surface area contributed by atoms with Crippen molar-refractivity contribution >= 4 is 5.91 Å². The third-order valence-electron chi connectivity index (χ3n) is 5.48. The number of amides is 1. The highest BCUT2D eigenvalue weighted by atomic mass is 16.3. The molecule has 0 spiro atoms. The maximum absolute atomic E-state index is 11.4. The van der Waals surface area contributed by atoms with Gasteiger partial charge >= 0.3 is 0 Å². The topological polar surface area (TPSA) is 56.7 Å². The van der Waals surface area contributed by atoms with Gasteiger partial charge in [-0.25, -0.2) is 0 Å². The molecule has 5 nitrogen and oxygen atoms in total. The first-order valence-electron chi connectivity index (χ1n) is 9.14. The van der Waals surface area contributed by atoms with Gasteiger partial charge in [-0.1, -0.05) is 6.07 Å².